The molecule has 0 aliphatic carbocycles. The van der Waals surface area contributed by atoms with Crippen LogP contribution in [0.15, 0.2) is 41.6 Å². The van der Waals surface area contributed by atoms with Gasteiger partial charge in [-0.2, -0.15) is 9.61 Å². The fraction of sp³-hybridized carbons (Fsp3) is 0.250. The summed E-state index contributed by atoms with van der Waals surface area (Å²) in [5, 5.41) is 15.8. The summed E-state index contributed by atoms with van der Waals surface area (Å²) in [5.74, 6) is -0.0951. The highest BCUT2D eigenvalue weighted by atomic mass is 32.2. The topological polar surface area (TPSA) is 111 Å². The van der Waals surface area contributed by atoms with E-state index in [9.17, 15) is 9.59 Å². The summed E-state index contributed by atoms with van der Waals surface area (Å²) in [4.78, 5) is 27.3. The number of aromatic nitrogens is 5. The molecule has 0 fully saturated rings. The molecule has 134 valence electrons. The van der Waals surface area contributed by atoms with Gasteiger partial charge < -0.3 is 10.1 Å². The van der Waals surface area contributed by atoms with Crippen LogP contribution in [-0.2, 0) is 14.3 Å². The summed E-state index contributed by atoms with van der Waals surface area (Å²) in [7, 11) is 0. The molecule has 0 aliphatic rings. The summed E-state index contributed by atoms with van der Waals surface area (Å²) < 4.78 is 6.34. The zero-order valence-electron chi connectivity index (χ0n) is 14.0. The Morgan fingerprint density at radius 2 is 2.12 bits per heavy atom. The number of nitrogens with zero attached hydrogens (tertiary/aromatic N) is 5. The molecular formula is C16H16N6O3S. The van der Waals surface area contributed by atoms with E-state index < -0.39 is 5.97 Å². The average molecular weight is 372 g/mol. The van der Waals surface area contributed by atoms with Crippen molar-refractivity contribution < 1.29 is 14.3 Å². The first-order valence-electron chi connectivity index (χ1n) is 7.86. The minimum atomic E-state index is -0.463. The number of hydrogen-bond donors (Lipinski definition) is 1. The molecule has 1 amide bonds. The Bertz CT molecular complexity index is 915. The zero-order valence-corrected chi connectivity index (χ0v) is 14.8. The maximum Gasteiger partial charge on any atom is 0.325 e. The predicted octanol–water partition coefficient (Wildman–Crippen LogP) is 0.958. The molecule has 0 saturated carbocycles. The van der Waals surface area contributed by atoms with Crippen molar-refractivity contribution in [3.8, 4) is 11.5 Å². The third-order valence-corrected chi connectivity index (χ3v) is 4.14. The molecule has 0 spiro atoms. The summed E-state index contributed by atoms with van der Waals surface area (Å²) >= 11 is 1.24. The van der Waals surface area contributed by atoms with Crippen LogP contribution in [0.2, 0.25) is 0 Å². The molecule has 26 heavy (non-hydrogen) atoms. The summed E-state index contributed by atoms with van der Waals surface area (Å²) in [6, 6.07) is 9.02. The highest BCUT2D eigenvalue weighted by Gasteiger charge is 2.12. The van der Waals surface area contributed by atoms with Crippen molar-refractivity contribution in [3.63, 3.8) is 0 Å². The summed E-state index contributed by atoms with van der Waals surface area (Å²) in [6.45, 7) is 1.85. The first-order chi connectivity index (χ1) is 12.7. The van der Waals surface area contributed by atoms with Crippen molar-refractivity contribution in [2.45, 2.75) is 11.9 Å². The van der Waals surface area contributed by atoms with E-state index in [4.69, 9.17) is 4.74 Å². The standard InChI is InChI=1S/C16H16N6O3S/c1-2-25-15(24)9-18-13(23)10-26-14-7-6-12-19-20-16(22(12)21-14)11-5-3-4-8-17-11/h3-8H,2,9-10H2,1H3,(H,18,23). The lowest BCUT2D eigenvalue weighted by atomic mass is 10.3. The molecule has 0 saturated heterocycles. The lowest BCUT2D eigenvalue weighted by Gasteiger charge is -2.05. The number of carbonyl (C=O) groups excluding carboxylic acids is 2. The second-order valence-corrected chi connectivity index (χ2v) is 6.05. The van der Waals surface area contributed by atoms with Crippen LogP contribution in [0.3, 0.4) is 0 Å². The van der Waals surface area contributed by atoms with E-state index >= 15 is 0 Å². The predicted molar refractivity (Wildman–Crippen MR) is 94.4 cm³/mol. The molecule has 3 aromatic rings. The van der Waals surface area contributed by atoms with E-state index in [0.717, 1.165) is 0 Å². The molecule has 0 unspecified atom stereocenters. The van der Waals surface area contributed by atoms with Crippen LogP contribution in [0.5, 0.6) is 0 Å². The second-order valence-electron chi connectivity index (χ2n) is 5.05. The van der Waals surface area contributed by atoms with E-state index in [-0.39, 0.29) is 24.8 Å². The maximum atomic E-state index is 11.8. The SMILES string of the molecule is CCOC(=O)CNC(=O)CSc1ccc2nnc(-c3ccccn3)n2n1. The van der Waals surface area contributed by atoms with Crippen molar-refractivity contribution in [3.05, 3.63) is 36.5 Å². The first-order valence-corrected chi connectivity index (χ1v) is 8.85. The number of hydrogen-bond acceptors (Lipinski definition) is 8. The highest BCUT2D eigenvalue weighted by molar-refractivity contribution is 7.99. The summed E-state index contributed by atoms with van der Waals surface area (Å²) in [5.41, 5.74) is 1.24. The Morgan fingerprint density at radius 3 is 2.88 bits per heavy atom. The number of amides is 1. The van der Waals surface area contributed by atoms with Crippen LogP contribution in [0.1, 0.15) is 6.92 Å². The second kappa shape index (κ2) is 8.39. The van der Waals surface area contributed by atoms with Crippen molar-refractivity contribution in [1.29, 1.82) is 0 Å². The van der Waals surface area contributed by atoms with Crippen LogP contribution >= 0.6 is 11.8 Å². The number of nitrogens with one attached hydrogen (secondary N) is 1. The van der Waals surface area contributed by atoms with Crippen LogP contribution in [0.4, 0.5) is 0 Å². The van der Waals surface area contributed by atoms with Gasteiger partial charge in [-0.15, -0.1) is 10.2 Å². The van der Waals surface area contributed by atoms with Gasteiger partial charge in [0, 0.05) is 6.20 Å². The molecule has 0 aromatic carbocycles. The van der Waals surface area contributed by atoms with Gasteiger partial charge in [-0.05, 0) is 31.2 Å². The first kappa shape index (κ1) is 17.8. The van der Waals surface area contributed by atoms with E-state index in [2.05, 4.69) is 25.6 Å². The van der Waals surface area contributed by atoms with E-state index in [1.54, 1.807) is 29.8 Å². The van der Waals surface area contributed by atoms with Gasteiger partial charge in [0.15, 0.2) is 5.65 Å². The fourth-order valence-electron chi connectivity index (χ4n) is 2.08. The summed E-state index contributed by atoms with van der Waals surface area (Å²) in [6.07, 6.45) is 1.67. The van der Waals surface area contributed by atoms with Gasteiger partial charge in [0.2, 0.25) is 11.7 Å². The van der Waals surface area contributed by atoms with Crippen molar-refractivity contribution in [1.82, 2.24) is 30.1 Å². The third kappa shape index (κ3) is 4.33. The fourth-order valence-corrected chi connectivity index (χ4v) is 2.76. The number of thioether (sulfide) groups is 1. The van der Waals surface area contributed by atoms with Crippen LogP contribution in [0, 0.1) is 0 Å². The number of carbonyl (C=O) groups is 2. The van der Waals surface area contributed by atoms with Gasteiger partial charge in [0.25, 0.3) is 0 Å². The molecule has 3 aromatic heterocycles. The third-order valence-electron chi connectivity index (χ3n) is 3.22. The van der Waals surface area contributed by atoms with Gasteiger partial charge in [-0.1, -0.05) is 17.8 Å². The Labute approximate surface area is 153 Å². The maximum absolute atomic E-state index is 11.8. The minimum Gasteiger partial charge on any atom is -0.465 e. The molecule has 0 aliphatic heterocycles. The highest BCUT2D eigenvalue weighted by Crippen LogP contribution is 2.19. The van der Waals surface area contributed by atoms with E-state index in [1.807, 2.05) is 18.2 Å². The van der Waals surface area contributed by atoms with Gasteiger partial charge in [-0.25, -0.2) is 0 Å². The van der Waals surface area contributed by atoms with E-state index in [1.165, 1.54) is 11.8 Å². The molecule has 3 heterocycles. The van der Waals surface area contributed by atoms with Crippen LogP contribution < -0.4 is 5.32 Å². The lowest BCUT2D eigenvalue weighted by Crippen LogP contribution is -2.31. The molecular weight excluding hydrogens is 356 g/mol. The largest absolute Gasteiger partial charge is 0.465 e. The van der Waals surface area contributed by atoms with Crippen molar-refractivity contribution in [2.24, 2.45) is 0 Å². The molecule has 1 N–H and O–H groups in total. The number of pyridine rings is 1. The molecule has 10 heteroatoms. The van der Waals surface area contributed by atoms with Gasteiger partial charge in [0.05, 0.1) is 12.4 Å². The number of ether oxygens (including phenoxy) is 1. The Kier molecular flexibility index (Phi) is 5.74. The minimum absolute atomic E-state index is 0.124. The molecule has 0 bridgehead atoms. The Balaban J connectivity index is 1.66. The molecule has 0 radical (unpaired) electrons. The Hall–Kier alpha value is -3.01. The van der Waals surface area contributed by atoms with Gasteiger partial charge in [-0.3, -0.25) is 14.6 Å². The van der Waals surface area contributed by atoms with Crippen LogP contribution in [0.25, 0.3) is 17.2 Å². The normalized spacial score (nSPS) is 10.7. The van der Waals surface area contributed by atoms with Gasteiger partial charge >= 0.3 is 5.97 Å². The monoisotopic (exact) mass is 372 g/mol. The molecule has 9 nitrogen and oxygen atoms in total. The van der Waals surface area contributed by atoms with Gasteiger partial charge in [0.1, 0.15) is 17.3 Å². The lowest BCUT2D eigenvalue weighted by molar-refractivity contribution is -0.143. The zero-order chi connectivity index (χ0) is 18.4. The van der Waals surface area contributed by atoms with Crippen LogP contribution in [-0.4, -0.2) is 55.6 Å². The number of rotatable bonds is 7. The number of fused-ring (bicyclic) bond motifs is 1. The quantitative estimate of drug-likeness (QED) is 0.482. The molecule has 0 atom stereocenters. The molecule has 3 rings (SSSR count). The van der Waals surface area contributed by atoms with Crippen molar-refractivity contribution >= 4 is 29.3 Å². The average Bonchev–Trinajstić information content (AvgIpc) is 3.09. The van der Waals surface area contributed by atoms with Crippen molar-refractivity contribution in [2.75, 3.05) is 18.9 Å². The Morgan fingerprint density at radius 1 is 1.23 bits per heavy atom. The van der Waals surface area contributed by atoms with E-state index in [0.29, 0.717) is 22.2 Å². The smallest absolute Gasteiger partial charge is 0.325 e. The number of esters is 1.